The van der Waals surface area contributed by atoms with Crippen molar-refractivity contribution in [2.24, 2.45) is 23.5 Å². The second-order valence-corrected chi connectivity index (χ2v) is 5.37. The quantitative estimate of drug-likeness (QED) is 0.563. The molecule has 0 aliphatic rings. The molecule has 5 heteroatoms. The molecular weight excluding hydrogens is 244 g/mol. The summed E-state index contributed by atoms with van der Waals surface area (Å²) in [6.07, 6.45) is 2.71. The first-order chi connectivity index (χ1) is 8.92. The van der Waals surface area contributed by atoms with Gasteiger partial charge in [-0.05, 0) is 37.6 Å². The average Bonchev–Trinajstić information content (AvgIpc) is 2.34. The van der Waals surface area contributed by atoms with Crippen molar-refractivity contribution in [1.82, 2.24) is 5.32 Å². The molecule has 0 heterocycles. The lowest BCUT2D eigenvalue weighted by atomic mass is 9.88. The summed E-state index contributed by atoms with van der Waals surface area (Å²) < 4.78 is 0. The highest BCUT2D eigenvalue weighted by molar-refractivity contribution is 5.77. The smallest absolute Gasteiger partial charge is 0.308 e. The summed E-state index contributed by atoms with van der Waals surface area (Å²) in [5.74, 6) is -0.446. The first-order valence-electron chi connectivity index (χ1n) is 7.11. The van der Waals surface area contributed by atoms with Crippen LogP contribution >= 0.6 is 0 Å². The summed E-state index contributed by atoms with van der Waals surface area (Å²) in [7, 11) is 0. The summed E-state index contributed by atoms with van der Waals surface area (Å²) in [6, 6.07) is 0. The molecule has 0 aliphatic carbocycles. The molecular formula is C14H28N2O3. The van der Waals surface area contributed by atoms with E-state index in [9.17, 15) is 9.59 Å². The number of carbonyl (C=O) groups is 2. The van der Waals surface area contributed by atoms with Gasteiger partial charge in [-0.2, -0.15) is 0 Å². The zero-order chi connectivity index (χ0) is 14.8. The number of carbonyl (C=O) groups excluding carboxylic acids is 1. The minimum atomic E-state index is -0.856. The van der Waals surface area contributed by atoms with Crippen LogP contribution in [0.3, 0.4) is 0 Å². The summed E-state index contributed by atoms with van der Waals surface area (Å²) in [5.41, 5.74) is 5.56. The third-order valence-corrected chi connectivity index (χ3v) is 3.61. The van der Waals surface area contributed by atoms with Crippen LogP contribution < -0.4 is 11.1 Å². The molecule has 0 aliphatic heterocycles. The predicted octanol–water partition coefficient (Wildman–Crippen LogP) is 1.61. The molecule has 0 fully saturated rings. The summed E-state index contributed by atoms with van der Waals surface area (Å²) in [4.78, 5) is 22.5. The van der Waals surface area contributed by atoms with Crippen LogP contribution in [0.1, 0.15) is 46.5 Å². The number of rotatable bonds is 10. The van der Waals surface area contributed by atoms with Gasteiger partial charge in [0.15, 0.2) is 0 Å². The van der Waals surface area contributed by atoms with Gasteiger partial charge in [0.05, 0.1) is 5.92 Å². The number of carboxylic acids is 1. The molecule has 5 nitrogen and oxygen atoms in total. The molecule has 19 heavy (non-hydrogen) atoms. The number of hydrogen-bond donors (Lipinski definition) is 3. The topological polar surface area (TPSA) is 92.4 Å². The van der Waals surface area contributed by atoms with E-state index < -0.39 is 11.9 Å². The van der Waals surface area contributed by atoms with Crippen LogP contribution in [-0.4, -0.2) is 30.1 Å². The average molecular weight is 272 g/mol. The molecule has 2 atom stereocenters. The fourth-order valence-corrected chi connectivity index (χ4v) is 2.07. The third kappa shape index (κ3) is 7.82. The van der Waals surface area contributed by atoms with Crippen LogP contribution in [0.2, 0.25) is 0 Å². The van der Waals surface area contributed by atoms with Crippen LogP contribution in [-0.2, 0) is 9.59 Å². The first kappa shape index (κ1) is 17.9. The Hall–Kier alpha value is -1.10. The van der Waals surface area contributed by atoms with Gasteiger partial charge in [0, 0.05) is 13.0 Å². The fraction of sp³-hybridized carbons (Fsp3) is 0.857. The minimum Gasteiger partial charge on any atom is -0.481 e. The lowest BCUT2D eigenvalue weighted by molar-refractivity contribution is -0.141. The van der Waals surface area contributed by atoms with Crippen molar-refractivity contribution >= 4 is 11.9 Å². The molecule has 112 valence electrons. The number of aliphatic carboxylic acids is 1. The van der Waals surface area contributed by atoms with E-state index in [0.29, 0.717) is 31.2 Å². The third-order valence-electron chi connectivity index (χ3n) is 3.61. The van der Waals surface area contributed by atoms with Crippen molar-refractivity contribution in [3.05, 3.63) is 0 Å². The maximum absolute atomic E-state index is 11.7. The summed E-state index contributed by atoms with van der Waals surface area (Å²) >= 11 is 0. The molecule has 0 radical (unpaired) electrons. The summed E-state index contributed by atoms with van der Waals surface area (Å²) in [5, 5.41) is 11.6. The fourth-order valence-electron chi connectivity index (χ4n) is 2.07. The van der Waals surface area contributed by atoms with Gasteiger partial charge in [-0.15, -0.1) is 0 Å². The Balaban J connectivity index is 4.00. The van der Waals surface area contributed by atoms with Crippen molar-refractivity contribution in [2.75, 3.05) is 13.1 Å². The number of hydrogen-bond acceptors (Lipinski definition) is 3. The standard InChI is InChI=1S/C14H28N2O3/c1-4-11(14(18)19)9-16-13(17)6-5-12(7-8-15)10(2)3/h10-12H,4-9,15H2,1-3H3,(H,16,17)(H,18,19). The maximum atomic E-state index is 11.7. The Kier molecular flexibility index (Phi) is 9.21. The van der Waals surface area contributed by atoms with Crippen LogP contribution in [0, 0.1) is 17.8 Å². The molecule has 4 N–H and O–H groups in total. The van der Waals surface area contributed by atoms with E-state index in [1.165, 1.54) is 0 Å². The number of amides is 1. The van der Waals surface area contributed by atoms with Gasteiger partial charge in [0.25, 0.3) is 0 Å². The van der Waals surface area contributed by atoms with Crippen molar-refractivity contribution in [1.29, 1.82) is 0 Å². The predicted molar refractivity (Wildman–Crippen MR) is 75.7 cm³/mol. The monoisotopic (exact) mass is 272 g/mol. The number of nitrogens with two attached hydrogens (primary N) is 1. The second kappa shape index (κ2) is 9.78. The maximum Gasteiger partial charge on any atom is 0.308 e. The first-order valence-corrected chi connectivity index (χ1v) is 7.11. The Bertz CT molecular complexity index is 280. The van der Waals surface area contributed by atoms with E-state index in [-0.39, 0.29) is 12.5 Å². The molecule has 0 aromatic heterocycles. The molecule has 0 saturated heterocycles. The highest BCUT2D eigenvalue weighted by atomic mass is 16.4. The molecule has 0 aromatic carbocycles. The summed E-state index contributed by atoms with van der Waals surface area (Å²) in [6.45, 7) is 6.93. The Morgan fingerprint density at radius 2 is 1.89 bits per heavy atom. The molecule has 1 amide bonds. The normalized spacial score (nSPS) is 14.2. The lowest BCUT2D eigenvalue weighted by Crippen LogP contribution is -2.33. The van der Waals surface area contributed by atoms with Gasteiger partial charge in [-0.1, -0.05) is 20.8 Å². The molecule has 2 unspecified atom stereocenters. The van der Waals surface area contributed by atoms with Crippen molar-refractivity contribution in [3.8, 4) is 0 Å². The Morgan fingerprint density at radius 3 is 2.32 bits per heavy atom. The van der Waals surface area contributed by atoms with Crippen molar-refractivity contribution < 1.29 is 14.7 Å². The van der Waals surface area contributed by atoms with Gasteiger partial charge >= 0.3 is 5.97 Å². The van der Waals surface area contributed by atoms with Gasteiger partial charge in [-0.3, -0.25) is 9.59 Å². The van der Waals surface area contributed by atoms with E-state index in [0.717, 1.165) is 12.8 Å². The Morgan fingerprint density at radius 1 is 1.26 bits per heavy atom. The lowest BCUT2D eigenvalue weighted by Gasteiger charge is -2.20. The highest BCUT2D eigenvalue weighted by Crippen LogP contribution is 2.20. The zero-order valence-electron chi connectivity index (χ0n) is 12.3. The van der Waals surface area contributed by atoms with E-state index >= 15 is 0 Å². The van der Waals surface area contributed by atoms with Crippen LogP contribution in [0.4, 0.5) is 0 Å². The van der Waals surface area contributed by atoms with Crippen molar-refractivity contribution in [3.63, 3.8) is 0 Å². The second-order valence-electron chi connectivity index (χ2n) is 5.37. The van der Waals surface area contributed by atoms with Gasteiger partial charge in [-0.25, -0.2) is 0 Å². The van der Waals surface area contributed by atoms with Crippen molar-refractivity contribution in [2.45, 2.75) is 46.5 Å². The molecule has 0 rings (SSSR count). The molecule has 0 spiro atoms. The molecule has 0 bridgehead atoms. The number of carboxylic acid groups (broad SMARTS) is 1. The van der Waals surface area contributed by atoms with Gasteiger partial charge < -0.3 is 16.2 Å². The minimum absolute atomic E-state index is 0.0672. The van der Waals surface area contributed by atoms with Crippen LogP contribution in [0.15, 0.2) is 0 Å². The van der Waals surface area contributed by atoms with Gasteiger partial charge in [0.1, 0.15) is 0 Å². The van der Waals surface area contributed by atoms with Crippen LogP contribution in [0.5, 0.6) is 0 Å². The zero-order valence-corrected chi connectivity index (χ0v) is 12.3. The van der Waals surface area contributed by atoms with Crippen LogP contribution in [0.25, 0.3) is 0 Å². The van der Waals surface area contributed by atoms with E-state index in [1.807, 2.05) is 0 Å². The highest BCUT2D eigenvalue weighted by Gasteiger charge is 2.17. The SMILES string of the molecule is CCC(CNC(=O)CCC(CCN)C(C)C)C(=O)O. The van der Waals surface area contributed by atoms with Gasteiger partial charge in [0.2, 0.25) is 5.91 Å². The molecule has 0 saturated carbocycles. The van der Waals surface area contributed by atoms with E-state index in [4.69, 9.17) is 10.8 Å². The number of nitrogens with one attached hydrogen (secondary N) is 1. The van der Waals surface area contributed by atoms with E-state index in [1.54, 1.807) is 6.92 Å². The van der Waals surface area contributed by atoms with E-state index in [2.05, 4.69) is 19.2 Å². The Labute approximate surface area is 115 Å². The molecule has 0 aromatic rings. The largest absolute Gasteiger partial charge is 0.481 e.